The van der Waals surface area contributed by atoms with E-state index in [-0.39, 0.29) is 17.0 Å². The number of piperidine rings is 1. The van der Waals surface area contributed by atoms with E-state index in [1.807, 2.05) is 6.92 Å². The highest BCUT2D eigenvalue weighted by Crippen LogP contribution is 2.29. The number of halogens is 1. The molecule has 1 aromatic heterocycles. The van der Waals surface area contributed by atoms with Gasteiger partial charge in [0.15, 0.2) is 11.6 Å². The second kappa shape index (κ2) is 5.13. The van der Waals surface area contributed by atoms with Crippen molar-refractivity contribution in [3.05, 3.63) is 23.6 Å². The summed E-state index contributed by atoms with van der Waals surface area (Å²) in [4.78, 5) is 16.7. The molecule has 1 saturated heterocycles. The van der Waals surface area contributed by atoms with Gasteiger partial charge in [0.2, 0.25) is 0 Å². The lowest BCUT2D eigenvalue weighted by Crippen LogP contribution is -2.48. The highest BCUT2D eigenvalue weighted by molar-refractivity contribution is 5.88. The van der Waals surface area contributed by atoms with Crippen LogP contribution in [0.2, 0.25) is 0 Å². The topological polar surface area (TPSA) is 62.7 Å². The van der Waals surface area contributed by atoms with Gasteiger partial charge >= 0.3 is 5.97 Å². The first kappa shape index (κ1) is 13.7. The van der Waals surface area contributed by atoms with E-state index >= 15 is 0 Å². The van der Waals surface area contributed by atoms with Gasteiger partial charge in [-0.2, -0.15) is 0 Å². The lowest BCUT2D eigenvalue weighted by molar-refractivity contribution is -0.00494. The fraction of sp³-hybridized carbons (Fsp3) is 0.538. The molecule has 1 N–H and O–H groups in total. The average Bonchev–Trinajstić information content (AvgIpc) is 2.38. The lowest BCUT2D eigenvalue weighted by Gasteiger charge is -2.40. The molecule has 5 nitrogen and oxygen atoms in total. The number of ether oxygens (including phenoxy) is 1. The zero-order valence-corrected chi connectivity index (χ0v) is 11.0. The van der Waals surface area contributed by atoms with Crippen molar-refractivity contribution in [3.8, 4) is 0 Å². The van der Waals surface area contributed by atoms with Crippen LogP contribution in [0.3, 0.4) is 0 Å². The number of pyridine rings is 1. The molecule has 0 spiro atoms. The Kier molecular flexibility index (Phi) is 3.71. The smallest absolute Gasteiger partial charge is 0.338 e. The maximum Gasteiger partial charge on any atom is 0.338 e. The second-order valence-electron chi connectivity index (χ2n) is 4.98. The third-order valence-corrected chi connectivity index (χ3v) is 3.55. The van der Waals surface area contributed by atoms with E-state index in [0.29, 0.717) is 13.1 Å². The number of nitrogens with zero attached hydrogens (tertiary/aromatic N) is 2. The second-order valence-corrected chi connectivity index (χ2v) is 4.98. The molecule has 2 heterocycles. The SMILES string of the molecule is COC1(C)CCCN(c2nccc(C(=O)O)c2F)C1. The molecule has 0 saturated carbocycles. The summed E-state index contributed by atoms with van der Waals surface area (Å²) in [5, 5.41) is 8.93. The van der Waals surface area contributed by atoms with Gasteiger partial charge < -0.3 is 14.7 Å². The zero-order valence-electron chi connectivity index (χ0n) is 11.0. The average molecular weight is 268 g/mol. The van der Waals surface area contributed by atoms with Crippen molar-refractivity contribution >= 4 is 11.8 Å². The van der Waals surface area contributed by atoms with Gasteiger partial charge in [0.1, 0.15) is 5.56 Å². The van der Waals surface area contributed by atoms with Crippen LogP contribution in [-0.4, -0.2) is 41.9 Å². The number of hydrogen-bond acceptors (Lipinski definition) is 4. The molecule has 0 bridgehead atoms. The first-order valence-electron chi connectivity index (χ1n) is 6.15. The van der Waals surface area contributed by atoms with Crippen molar-refractivity contribution in [1.82, 2.24) is 4.98 Å². The minimum absolute atomic E-state index is 0.0860. The molecular formula is C13H17FN2O3. The summed E-state index contributed by atoms with van der Waals surface area (Å²) < 4.78 is 19.6. The van der Waals surface area contributed by atoms with Crippen LogP contribution >= 0.6 is 0 Å². The van der Waals surface area contributed by atoms with Gasteiger partial charge in [0, 0.05) is 26.4 Å². The van der Waals surface area contributed by atoms with Gasteiger partial charge in [-0.05, 0) is 25.8 Å². The van der Waals surface area contributed by atoms with Crippen LogP contribution in [0.25, 0.3) is 0 Å². The Morgan fingerprint density at radius 2 is 2.37 bits per heavy atom. The number of methoxy groups -OCH3 is 1. The quantitative estimate of drug-likeness (QED) is 0.907. The molecule has 1 fully saturated rings. The summed E-state index contributed by atoms with van der Waals surface area (Å²) in [6.45, 7) is 3.10. The maximum atomic E-state index is 14.1. The molecule has 1 aromatic rings. The van der Waals surface area contributed by atoms with Crippen LogP contribution in [0.1, 0.15) is 30.1 Å². The number of carboxylic acid groups (broad SMARTS) is 1. The Morgan fingerprint density at radius 3 is 3.00 bits per heavy atom. The van der Waals surface area contributed by atoms with Crippen molar-refractivity contribution in [2.45, 2.75) is 25.4 Å². The van der Waals surface area contributed by atoms with Gasteiger partial charge in [-0.1, -0.05) is 0 Å². The fourth-order valence-electron chi connectivity index (χ4n) is 2.37. The zero-order chi connectivity index (χ0) is 14.0. The first-order valence-corrected chi connectivity index (χ1v) is 6.15. The molecule has 1 unspecified atom stereocenters. The number of anilines is 1. The summed E-state index contributed by atoms with van der Waals surface area (Å²) in [6, 6.07) is 1.17. The van der Waals surface area contributed by atoms with E-state index < -0.39 is 11.8 Å². The molecule has 0 amide bonds. The Labute approximate surface area is 111 Å². The summed E-state index contributed by atoms with van der Waals surface area (Å²) in [5.41, 5.74) is -0.708. The molecule has 6 heteroatoms. The van der Waals surface area contributed by atoms with E-state index in [0.717, 1.165) is 12.8 Å². The summed E-state index contributed by atoms with van der Waals surface area (Å²) in [6.07, 6.45) is 3.06. The van der Waals surface area contributed by atoms with E-state index in [4.69, 9.17) is 9.84 Å². The molecule has 104 valence electrons. The largest absolute Gasteiger partial charge is 0.478 e. The van der Waals surface area contributed by atoms with Crippen LogP contribution in [-0.2, 0) is 4.74 Å². The fourth-order valence-corrected chi connectivity index (χ4v) is 2.37. The van der Waals surface area contributed by atoms with Crippen molar-refractivity contribution in [2.24, 2.45) is 0 Å². The normalized spacial score (nSPS) is 23.4. The number of carboxylic acids is 1. The molecule has 0 aliphatic carbocycles. The molecule has 2 rings (SSSR count). The third kappa shape index (κ3) is 2.68. The number of hydrogen-bond donors (Lipinski definition) is 1. The highest BCUT2D eigenvalue weighted by Gasteiger charge is 2.33. The number of aromatic carboxylic acids is 1. The van der Waals surface area contributed by atoms with Crippen molar-refractivity contribution in [2.75, 3.05) is 25.1 Å². The van der Waals surface area contributed by atoms with E-state index in [9.17, 15) is 9.18 Å². The van der Waals surface area contributed by atoms with Gasteiger partial charge in [-0.15, -0.1) is 0 Å². The Balaban J connectivity index is 2.32. The predicted octanol–water partition coefficient (Wildman–Crippen LogP) is 1.92. The van der Waals surface area contributed by atoms with E-state index in [2.05, 4.69) is 4.98 Å². The summed E-state index contributed by atoms with van der Waals surface area (Å²) in [7, 11) is 1.63. The Hall–Kier alpha value is -1.69. The van der Waals surface area contributed by atoms with Gasteiger partial charge in [0.25, 0.3) is 0 Å². The molecule has 19 heavy (non-hydrogen) atoms. The Bertz CT molecular complexity index is 495. The van der Waals surface area contributed by atoms with Gasteiger partial charge in [-0.3, -0.25) is 0 Å². The predicted molar refractivity (Wildman–Crippen MR) is 68.0 cm³/mol. The molecule has 0 radical (unpaired) electrons. The van der Waals surface area contributed by atoms with Gasteiger partial charge in [0.05, 0.1) is 5.60 Å². The maximum absolute atomic E-state index is 14.1. The number of carbonyl (C=O) groups is 1. The van der Waals surface area contributed by atoms with Crippen molar-refractivity contribution in [1.29, 1.82) is 0 Å². The van der Waals surface area contributed by atoms with Crippen LogP contribution < -0.4 is 4.90 Å². The van der Waals surface area contributed by atoms with Crippen LogP contribution in [0, 0.1) is 5.82 Å². The minimum atomic E-state index is -1.28. The third-order valence-electron chi connectivity index (χ3n) is 3.55. The molecule has 1 aliphatic heterocycles. The highest BCUT2D eigenvalue weighted by atomic mass is 19.1. The standard InChI is InChI=1S/C13H17FN2O3/c1-13(19-2)5-3-7-16(8-13)11-10(14)9(12(17)18)4-6-15-11/h4,6H,3,5,7-8H2,1-2H3,(H,17,18). The lowest BCUT2D eigenvalue weighted by atomic mass is 9.94. The van der Waals surface area contributed by atoms with Crippen LogP contribution in [0.15, 0.2) is 12.3 Å². The van der Waals surface area contributed by atoms with Crippen molar-refractivity contribution in [3.63, 3.8) is 0 Å². The molecule has 0 aromatic carbocycles. The number of aromatic nitrogens is 1. The molecule has 1 aliphatic rings. The number of rotatable bonds is 3. The van der Waals surface area contributed by atoms with Gasteiger partial charge in [-0.25, -0.2) is 14.2 Å². The van der Waals surface area contributed by atoms with Crippen LogP contribution in [0.4, 0.5) is 10.2 Å². The minimum Gasteiger partial charge on any atom is -0.478 e. The summed E-state index contributed by atoms with van der Waals surface area (Å²) >= 11 is 0. The van der Waals surface area contributed by atoms with E-state index in [1.165, 1.54) is 12.3 Å². The van der Waals surface area contributed by atoms with Crippen molar-refractivity contribution < 1.29 is 19.0 Å². The van der Waals surface area contributed by atoms with Crippen LogP contribution in [0.5, 0.6) is 0 Å². The van der Waals surface area contributed by atoms with E-state index in [1.54, 1.807) is 12.0 Å². The monoisotopic (exact) mass is 268 g/mol. The Morgan fingerprint density at radius 1 is 1.63 bits per heavy atom. The first-order chi connectivity index (χ1) is 8.97. The summed E-state index contributed by atoms with van der Waals surface area (Å²) in [5.74, 6) is -1.98. The molecular weight excluding hydrogens is 251 g/mol. The molecule has 1 atom stereocenters.